The van der Waals surface area contributed by atoms with E-state index in [-0.39, 0.29) is 12.5 Å². The second-order valence-corrected chi connectivity index (χ2v) is 5.86. The van der Waals surface area contributed by atoms with Gasteiger partial charge in [-0.05, 0) is 29.3 Å². The third kappa shape index (κ3) is 4.22. The molecule has 26 heavy (non-hydrogen) atoms. The summed E-state index contributed by atoms with van der Waals surface area (Å²) in [4.78, 5) is 10.8. The highest BCUT2D eigenvalue weighted by atomic mass is 16.5. The minimum Gasteiger partial charge on any atom is -0.496 e. The van der Waals surface area contributed by atoms with E-state index in [2.05, 4.69) is 0 Å². The van der Waals surface area contributed by atoms with Crippen LogP contribution in [0.2, 0.25) is 0 Å². The quantitative estimate of drug-likeness (QED) is 0.683. The van der Waals surface area contributed by atoms with Crippen LogP contribution in [0.5, 0.6) is 11.5 Å². The van der Waals surface area contributed by atoms with Gasteiger partial charge in [0.2, 0.25) is 0 Å². The zero-order chi connectivity index (χ0) is 18.4. The topological polar surface area (TPSA) is 55.8 Å². The highest BCUT2D eigenvalue weighted by Crippen LogP contribution is 2.34. The summed E-state index contributed by atoms with van der Waals surface area (Å²) >= 11 is 0. The highest BCUT2D eigenvalue weighted by Gasteiger charge is 2.20. The smallest absolute Gasteiger partial charge is 0.307 e. The zero-order valence-corrected chi connectivity index (χ0v) is 14.5. The Morgan fingerprint density at radius 2 is 1.58 bits per heavy atom. The van der Waals surface area contributed by atoms with Gasteiger partial charge in [-0.15, -0.1) is 0 Å². The Balaban J connectivity index is 1.93. The largest absolute Gasteiger partial charge is 0.496 e. The minimum absolute atomic E-state index is 0.00506. The molecule has 0 aliphatic rings. The van der Waals surface area contributed by atoms with Crippen LogP contribution in [-0.4, -0.2) is 18.2 Å². The Hall–Kier alpha value is -3.27. The molecule has 4 heteroatoms. The molecule has 1 N–H and O–H groups in total. The molecule has 132 valence electrons. The van der Waals surface area contributed by atoms with E-state index in [0.717, 1.165) is 22.4 Å². The van der Waals surface area contributed by atoms with Gasteiger partial charge in [-0.25, -0.2) is 0 Å². The lowest BCUT2D eigenvalue weighted by Gasteiger charge is -2.22. The van der Waals surface area contributed by atoms with Crippen LogP contribution < -0.4 is 9.47 Å². The van der Waals surface area contributed by atoms with Crippen molar-refractivity contribution in [2.45, 2.75) is 12.5 Å². The van der Waals surface area contributed by atoms with Crippen LogP contribution in [-0.2, 0) is 11.2 Å². The standard InChI is InChI=1S/C22H20O4/c1-25-20-10-6-5-9-19(20)22(17-7-3-2-4-8-17)26-18-13-11-16(12-14-18)15-21(23)24/h2-14,22H,15H2,1H3,(H,23,24). The van der Waals surface area contributed by atoms with Crippen molar-refractivity contribution in [3.05, 3.63) is 95.6 Å². The molecule has 1 atom stereocenters. The lowest BCUT2D eigenvalue weighted by Crippen LogP contribution is -2.11. The molecule has 0 aliphatic heterocycles. The molecule has 3 aromatic rings. The number of hydrogen-bond donors (Lipinski definition) is 1. The molecule has 0 saturated carbocycles. The molecule has 0 bridgehead atoms. The van der Waals surface area contributed by atoms with E-state index in [0.29, 0.717) is 5.75 Å². The Bertz CT molecular complexity index is 857. The first-order valence-electron chi connectivity index (χ1n) is 8.32. The molecule has 4 nitrogen and oxygen atoms in total. The van der Waals surface area contributed by atoms with Crippen LogP contribution >= 0.6 is 0 Å². The highest BCUT2D eigenvalue weighted by molar-refractivity contribution is 5.70. The van der Waals surface area contributed by atoms with E-state index in [9.17, 15) is 4.79 Å². The Morgan fingerprint density at radius 1 is 0.923 bits per heavy atom. The molecular weight excluding hydrogens is 328 g/mol. The Morgan fingerprint density at radius 3 is 2.23 bits per heavy atom. The predicted molar refractivity (Wildman–Crippen MR) is 99.7 cm³/mol. The number of ether oxygens (including phenoxy) is 2. The van der Waals surface area contributed by atoms with Crippen molar-refractivity contribution in [3.63, 3.8) is 0 Å². The third-order valence-corrected chi connectivity index (χ3v) is 4.06. The monoisotopic (exact) mass is 348 g/mol. The average molecular weight is 348 g/mol. The van der Waals surface area contributed by atoms with Crippen molar-refractivity contribution in [1.29, 1.82) is 0 Å². The Labute approximate surface area is 152 Å². The Kier molecular flexibility index (Phi) is 5.54. The van der Waals surface area contributed by atoms with Gasteiger partial charge in [-0.2, -0.15) is 0 Å². The van der Waals surface area contributed by atoms with Crippen LogP contribution in [0, 0.1) is 0 Å². The summed E-state index contributed by atoms with van der Waals surface area (Å²) in [6.45, 7) is 0. The average Bonchev–Trinajstić information content (AvgIpc) is 2.67. The maximum Gasteiger partial charge on any atom is 0.307 e. The van der Waals surface area contributed by atoms with Crippen LogP contribution in [0.15, 0.2) is 78.9 Å². The van der Waals surface area contributed by atoms with E-state index in [1.54, 1.807) is 31.4 Å². The fourth-order valence-corrected chi connectivity index (χ4v) is 2.82. The van der Waals surface area contributed by atoms with Gasteiger partial charge in [0.1, 0.15) is 11.5 Å². The second kappa shape index (κ2) is 8.21. The number of para-hydroxylation sites is 1. The van der Waals surface area contributed by atoms with Crippen molar-refractivity contribution in [2.75, 3.05) is 7.11 Å². The number of benzene rings is 3. The maximum atomic E-state index is 10.8. The number of hydrogen-bond acceptors (Lipinski definition) is 3. The van der Waals surface area contributed by atoms with E-state index in [1.165, 1.54) is 0 Å². The number of carbonyl (C=O) groups is 1. The second-order valence-electron chi connectivity index (χ2n) is 5.86. The van der Waals surface area contributed by atoms with Gasteiger partial charge in [0.05, 0.1) is 13.5 Å². The van der Waals surface area contributed by atoms with Gasteiger partial charge in [-0.1, -0.05) is 60.7 Å². The van der Waals surface area contributed by atoms with Crippen LogP contribution in [0.3, 0.4) is 0 Å². The number of rotatable bonds is 7. The zero-order valence-electron chi connectivity index (χ0n) is 14.5. The van der Waals surface area contributed by atoms with Gasteiger partial charge >= 0.3 is 5.97 Å². The van der Waals surface area contributed by atoms with E-state index < -0.39 is 5.97 Å². The normalized spacial score (nSPS) is 11.6. The van der Waals surface area contributed by atoms with Gasteiger partial charge < -0.3 is 14.6 Å². The molecule has 1 unspecified atom stereocenters. The number of carboxylic acids is 1. The van der Waals surface area contributed by atoms with Gasteiger partial charge in [0.25, 0.3) is 0 Å². The van der Waals surface area contributed by atoms with Crippen LogP contribution in [0.4, 0.5) is 0 Å². The first-order valence-corrected chi connectivity index (χ1v) is 8.32. The third-order valence-electron chi connectivity index (χ3n) is 4.06. The summed E-state index contributed by atoms with van der Waals surface area (Å²) in [7, 11) is 1.64. The summed E-state index contributed by atoms with van der Waals surface area (Å²) in [5.74, 6) is 0.567. The van der Waals surface area contributed by atoms with E-state index in [1.807, 2.05) is 54.6 Å². The summed E-state index contributed by atoms with van der Waals surface area (Å²) in [5.41, 5.74) is 2.67. The first-order chi connectivity index (χ1) is 12.7. The maximum absolute atomic E-state index is 10.8. The predicted octanol–water partition coefficient (Wildman–Crippen LogP) is 4.49. The first kappa shape index (κ1) is 17.5. The number of aliphatic carboxylic acids is 1. The van der Waals surface area contributed by atoms with Gasteiger partial charge in [-0.3, -0.25) is 4.79 Å². The molecule has 0 amide bonds. The van der Waals surface area contributed by atoms with Gasteiger partial charge in [0, 0.05) is 5.56 Å². The summed E-state index contributed by atoms with van der Waals surface area (Å²) in [5, 5.41) is 8.89. The summed E-state index contributed by atoms with van der Waals surface area (Å²) in [6, 6.07) is 24.8. The SMILES string of the molecule is COc1ccccc1C(Oc1ccc(CC(=O)O)cc1)c1ccccc1. The van der Waals surface area contributed by atoms with E-state index in [4.69, 9.17) is 14.6 Å². The molecular formula is C22H20O4. The molecule has 0 heterocycles. The van der Waals surface area contributed by atoms with E-state index >= 15 is 0 Å². The van der Waals surface area contributed by atoms with Crippen molar-refractivity contribution < 1.29 is 19.4 Å². The molecule has 0 aromatic heterocycles. The molecule has 0 saturated heterocycles. The molecule has 0 aliphatic carbocycles. The van der Waals surface area contributed by atoms with Crippen LogP contribution in [0.25, 0.3) is 0 Å². The fraction of sp³-hybridized carbons (Fsp3) is 0.136. The lowest BCUT2D eigenvalue weighted by atomic mass is 10.0. The van der Waals surface area contributed by atoms with Crippen molar-refractivity contribution in [1.82, 2.24) is 0 Å². The molecule has 0 radical (unpaired) electrons. The molecule has 3 aromatic carbocycles. The van der Waals surface area contributed by atoms with Crippen molar-refractivity contribution in [2.24, 2.45) is 0 Å². The van der Waals surface area contributed by atoms with Crippen molar-refractivity contribution in [3.8, 4) is 11.5 Å². The van der Waals surface area contributed by atoms with Gasteiger partial charge in [0.15, 0.2) is 6.10 Å². The molecule has 3 rings (SSSR count). The lowest BCUT2D eigenvalue weighted by molar-refractivity contribution is -0.136. The summed E-state index contributed by atoms with van der Waals surface area (Å²) in [6.07, 6.45) is -0.341. The molecule has 0 fully saturated rings. The number of methoxy groups -OCH3 is 1. The van der Waals surface area contributed by atoms with Crippen LogP contribution in [0.1, 0.15) is 22.8 Å². The minimum atomic E-state index is -0.852. The number of carboxylic acid groups (broad SMARTS) is 1. The fourth-order valence-electron chi connectivity index (χ4n) is 2.82. The summed E-state index contributed by atoms with van der Waals surface area (Å²) < 4.78 is 11.8. The molecule has 0 spiro atoms. The van der Waals surface area contributed by atoms with Crippen molar-refractivity contribution >= 4 is 5.97 Å².